The van der Waals surface area contributed by atoms with Crippen molar-refractivity contribution in [3.8, 4) is 0 Å². The summed E-state index contributed by atoms with van der Waals surface area (Å²) < 4.78 is 5.17. The maximum Gasteiger partial charge on any atom is 0.219 e. The topological polar surface area (TPSA) is 29.5 Å². The van der Waals surface area contributed by atoms with Gasteiger partial charge in [0.1, 0.15) is 0 Å². The van der Waals surface area contributed by atoms with Gasteiger partial charge in [0.05, 0.1) is 19.3 Å². The van der Waals surface area contributed by atoms with Crippen LogP contribution in [0.2, 0.25) is 0 Å². The van der Waals surface area contributed by atoms with E-state index in [9.17, 15) is 4.79 Å². The zero-order chi connectivity index (χ0) is 7.56. The molecule has 1 rings (SSSR count). The molecule has 0 unspecified atom stereocenters. The van der Waals surface area contributed by atoms with E-state index in [1.165, 1.54) is 0 Å². The smallest absolute Gasteiger partial charge is 0.219 e. The molecule has 1 heterocycles. The molecule has 3 heteroatoms. The molecule has 1 aliphatic heterocycles. The van der Waals surface area contributed by atoms with Gasteiger partial charge in [0.25, 0.3) is 0 Å². The molecule has 0 radical (unpaired) electrons. The summed E-state index contributed by atoms with van der Waals surface area (Å²) in [6.07, 6.45) is 0. The van der Waals surface area contributed by atoms with E-state index in [4.69, 9.17) is 4.74 Å². The third-order valence-electron chi connectivity index (χ3n) is 1.77. The van der Waals surface area contributed by atoms with Crippen LogP contribution in [-0.4, -0.2) is 36.6 Å². The normalized spacial score (nSPS) is 26.6. The van der Waals surface area contributed by atoms with Gasteiger partial charge < -0.3 is 9.64 Å². The minimum absolute atomic E-state index is 0.149. The van der Waals surface area contributed by atoms with Gasteiger partial charge in [-0.25, -0.2) is 0 Å². The number of carbonyl (C=O) groups excluding carboxylic acids is 1. The van der Waals surface area contributed by atoms with Gasteiger partial charge in [-0.3, -0.25) is 4.79 Å². The van der Waals surface area contributed by atoms with Crippen LogP contribution in [0.3, 0.4) is 0 Å². The van der Waals surface area contributed by atoms with Crippen molar-refractivity contribution in [2.75, 3.05) is 19.8 Å². The molecule has 0 aromatic carbocycles. The van der Waals surface area contributed by atoms with Crippen molar-refractivity contribution in [1.82, 2.24) is 4.90 Å². The van der Waals surface area contributed by atoms with E-state index in [1.807, 2.05) is 11.8 Å². The Morgan fingerprint density at radius 2 is 2.40 bits per heavy atom. The van der Waals surface area contributed by atoms with Gasteiger partial charge in [-0.2, -0.15) is 0 Å². The van der Waals surface area contributed by atoms with Crippen LogP contribution in [0.5, 0.6) is 0 Å². The second-order valence-corrected chi connectivity index (χ2v) is 2.64. The lowest BCUT2D eigenvalue weighted by atomic mass is 10.2. The number of nitrogens with zero attached hydrogens (tertiary/aromatic N) is 1. The minimum Gasteiger partial charge on any atom is -0.377 e. The van der Waals surface area contributed by atoms with Crippen molar-refractivity contribution in [3.63, 3.8) is 0 Å². The van der Waals surface area contributed by atoms with Gasteiger partial charge in [-0.1, -0.05) is 0 Å². The zero-order valence-corrected chi connectivity index (χ0v) is 6.46. The Labute approximate surface area is 61.0 Å². The van der Waals surface area contributed by atoms with Crippen LogP contribution >= 0.6 is 0 Å². The first-order valence-electron chi connectivity index (χ1n) is 3.57. The quantitative estimate of drug-likeness (QED) is 0.486. The summed E-state index contributed by atoms with van der Waals surface area (Å²) in [5, 5.41) is 0. The van der Waals surface area contributed by atoms with E-state index < -0.39 is 0 Å². The number of amides is 1. The molecule has 0 aliphatic carbocycles. The van der Waals surface area contributed by atoms with E-state index in [0.29, 0.717) is 13.2 Å². The Morgan fingerprint density at radius 1 is 1.70 bits per heavy atom. The average Bonchev–Trinajstić information content (AvgIpc) is 1.88. The van der Waals surface area contributed by atoms with Crippen molar-refractivity contribution < 1.29 is 9.53 Å². The van der Waals surface area contributed by atoms with Crippen LogP contribution in [0, 0.1) is 0 Å². The molecule has 0 saturated carbocycles. The SMILES string of the molecule is CC(=O)N1CCOC[C@@H]1C. The predicted molar refractivity (Wildman–Crippen MR) is 37.7 cm³/mol. The summed E-state index contributed by atoms with van der Waals surface area (Å²) >= 11 is 0. The number of carbonyl (C=O) groups is 1. The van der Waals surface area contributed by atoms with Crippen molar-refractivity contribution in [2.24, 2.45) is 0 Å². The molecule has 0 aromatic heterocycles. The Hall–Kier alpha value is -0.570. The van der Waals surface area contributed by atoms with E-state index >= 15 is 0 Å². The van der Waals surface area contributed by atoms with Crippen LogP contribution in [0.25, 0.3) is 0 Å². The van der Waals surface area contributed by atoms with Gasteiger partial charge in [-0.15, -0.1) is 0 Å². The van der Waals surface area contributed by atoms with Crippen LogP contribution in [0.15, 0.2) is 0 Å². The van der Waals surface area contributed by atoms with Crippen LogP contribution in [-0.2, 0) is 9.53 Å². The molecule has 3 nitrogen and oxygen atoms in total. The number of hydrogen-bond acceptors (Lipinski definition) is 2. The van der Waals surface area contributed by atoms with Gasteiger partial charge in [-0.05, 0) is 6.92 Å². The highest BCUT2D eigenvalue weighted by Gasteiger charge is 2.19. The lowest BCUT2D eigenvalue weighted by molar-refractivity contribution is -0.136. The van der Waals surface area contributed by atoms with E-state index in [-0.39, 0.29) is 11.9 Å². The number of hydrogen-bond donors (Lipinski definition) is 0. The maximum atomic E-state index is 10.9. The second kappa shape index (κ2) is 3.01. The fraction of sp³-hybridized carbons (Fsp3) is 0.857. The third kappa shape index (κ3) is 1.48. The van der Waals surface area contributed by atoms with Gasteiger partial charge >= 0.3 is 0 Å². The number of morpholine rings is 1. The monoisotopic (exact) mass is 143 g/mol. The zero-order valence-electron chi connectivity index (χ0n) is 6.46. The van der Waals surface area contributed by atoms with E-state index in [2.05, 4.69) is 0 Å². The summed E-state index contributed by atoms with van der Waals surface area (Å²) in [6.45, 7) is 5.71. The van der Waals surface area contributed by atoms with Gasteiger partial charge in [0, 0.05) is 13.5 Å². The summed E-state index contributed by atoms with van der Waals surface area (Å²) in [4.78, 5) is 12.7. The third-order valence-corrected chi connectivity index (χ3v) is 1.77. The van der Waals surface area contributed by atoms with Gasteiger partial charge in [0.2, 0.25) is 5.91 Å². The molecule has 1 atom stereocenters. The molecule has 0 aromatic rings. The van der Waals surface area contributed by atoms with E-state index in [0.717, 1.165) is 6.54 Å². The molecule has 10 heavy (non-hydrogen) atoms. The Balaban J connectivity index is 2.47. The lowest BCUT2D eigenvalue weighted by Gasteiger charge is -2.32. The van der Waals surface area contributed by atoms with E-state index in [1.54, 1.807) is 6.92 Å². The summed E-state index contributed by atoms with van der Waals surface area (Å²) in [7, 11) is 0. The molecule has 1 fully saturated rings. The molecule has 0 spiro atoms. The Bertz CT molecular complexity index is 136. The second-order valence-electron chi connectivity index (χ2n) is 2.64. The van der Waals surface area contributed by atoms with Crippen molar-refractivity contribution in [2.45, 2.75) is 19.9 Å². The number of ether oxygens (including phenoxy) is 1. The molecular weight excluding hydrogens is 130 g/mol. The van der Waals surface area contributed by atoms with Gasteiger partial charge in [0.15, 0.2) is 0 Å². The molecule has 1 saturated heterocycles. The van der Waals surface area contributed by atoms with Crippen molar-refractivity contribution in [3.05, 3.63) is 0 Å². The average molecular weight is 143 g/mol. The maximum absolute atomic E-state index is 10.9. The Kier molecular flexibility index (Phi) is 2.27. The van der Waals surface area contributed by atoms with Crippen molar-refractivity contribution >= 4 is 5.91 Å². The largest absolute Gasteiger partial charge is 0.377 e. The number of rotatable bonds is 0. The first kappa shape index (κ1) is 7.54. The first-order valence-corrected chi connectivity index (χ1v) is 3.57. The summed E-state index contributed by atoms with van der Waals surface area (Å²) in [5.74, 6) is 0.149. The molecule has 58 valence electrons. The van der Waals surface area contributed by atoms with Crippen molar-refractivity contribution in [1.29, 1.82) is 0 Å². The molecule has 1 amide bonds. The molecule has 0 bridgehead atoms. The predicted octanol–water partition coefficient (Wildman–Crippen LogP) is 0.254. The highest BCUT2D eigenvalue weighted by atomic mass is 16.5. The first-order chi connectivity index (χ1) is 4.72. The van der Waals surface area contributed by atoms with Crippen LogP contribution < -0.4 is 0 Å². The van der Waals surface area contributed by atoms with Crippen LogP contribution in [0.1, 0.15) is 13.8 Å². The lowest BCUT2D eigenvalue weighted by Crippen LogP contribution is -2.46. The molecule has 1 aliphatic rings. The highest BCUT2D eigenvalue weighted by molar-refractivity contribution is 5.73. The Morgan fingerprint density at radius 3 is 2.80 bits per heavy atom. The molecular formula is C7H13NO2. The fourth-order valence-corrected chi connectivity index (χ4v) is 1.19. The standard InChI is InChI=1S/C7H13NO2/c1-6-5-10-4-3-8(6)7(2)9/h6H,3-5H2,1-2H3/t6-/m0/s1. The fourth-order valence-electron chi connectivity index (χ4n) is 1.19. The van der Waals surface area contributed by atoms with Crippen LogP contribution in [0.4, 0.5) is 0 Å². The highest BCUT2D eigenvalue weighted by Crippen LogP contribution is 2.05. The summed E-state index contributed by atoms with van der Waals surface area (Å²) in [5.41, 5.74) is 0. The minimum atomic E-state index is 0.149. The molecule has 0 N–H and O–H groups in total. The summed E-state index contributed by atoms with van der Waals surface area (Å²) in [6, 6.07) is 0.256.